The molecule has 32 heavy (non-hydrogen) atoms. The monoisotopic (exact) mass is 507 g/mol. The molecule has 1 N–H and O–H groups in total. The minimum Gasteiger partial charge on any atom is -0.463 e. The van der Waals surface area contributed by atoms with Crippen LogP contribution in [-0.4, -0.2) is 72.6 Å². The van der Waals surface area contributed by atoms with Crippen molar-refractivity contribution in [2.75, 3.05) is 46.2 Å². The average molecular weight is 508 g/mol. The third-order valence-electron chi connectivity index (χ3n) is 6.57. The number of nitrogens with zero attached hydrogens (tertiary/aromatic N) is 4. The van der Waals surface area contributed by atoms with E-state index in [9.17, 15) is 4.79 Å². The van der Waals surface area contributed by atoms with Crippen LogP contribution in [0.25, 0.3) is 10.9 Å². The molecule has 2 aliphatic heterocycles. The Morgan fingerprint density at radius 1 is 1.31 bits per heavy atom. The van der Waals surface area contributed by atoms with Crippen LogP contribution in [0.3, 0.4) is 0 Å². The highest BCUT2D eigenvalue weighted by Crippen LogP contribution is 2.46. The lowest BCUT2D eigenvalue weighted by atomic mass is 10.0. The number of anilines is 1. The minimum atomic E-state index is -0.469. The summed E-state index contributed by atoms with van der Waals surface area (Å²) in [4.78, 5) is 25.4. The first-order chi connectivity index (χ1) is 15.3. The Morgan fingerprint density at radius 2 is 2.06 bits per heavy atom. The van der Waals surface area contributed by atoms with Crippen LogP contribution >= 0.6 is 15.9 Å². The molecule has 10 heteroatoms. The van der Waals surface area contributed by atoms with E-state index in [4.69, 9.17) is 9.47 Å². The third-order valence-corrected chi connectivity index (χ3v) is 7.39. The largest absolute Gasteiger partial charge is 0.463 e. The van der Waals surface area contributed by atoms with E-state index in [-0.39, 0.29) is 22.8 Å². The van der Waals surface area contributed by atoms with Gasteiger partial charge in [-0.25, -0.2) is 4.39 Å². The number of aromatic nitrogens is 2. The van der Waals surface area contributed by atoms with Gasteiger partial charge in [-0.3, -0.25) is 4.79 Å². The Bertz CT molecular complexity index is 1090. The number of hydrogen-bond donors (Lipinski definition) is 1. The maximum atomic E-state index is 15.4. The van der Waals surface area contributed by atoms with Gasteiger partial charge in [0.2, 0.25) is 5.91 Å². The van der Waals surface area contributed by atoms with Crippen LogP contribution in [0.2, 0.25) is 0 Å². The molecule has 2 fully saturated rings. The van der Waals surface area contributed by atoms with Crippen LogP contribution in [0.5, 0.6) is 6.01 Å². The first-order valence-corrected chi connectivity index (χ1v) is 11.6. The van der Waals surface area contributed by atoms with Gasteiger partial charge in [0, 0.05) is 31.1 Å². The highest BCUT2D eigenvalue weighted by atomic mass is 79.9. The fraction of sp³-hybridized carbons (Fsp3) is 0.591. The number of halogens is 2. The molecule has 3 heterocycles. The van der Waals surface area contributed by atoms with Crippen LogP contribution in [0, 0.1) is 11.2 Å². The lowest BCUT2D eigenvalue weighted by Crippen LogP contribution is -2.31. The van der Waals surface area contributed by atoms with Gasteiger partial charge >= 0.3 is 6.01 Å². The Kier molecular flexibility index (Phi) is 5.50. The Hall–Kier alpha value is -2.04. The summed E-state index contributed by atoms with van der Waals surface area (Å²) in [5.74, 6) is -0.0549. The molecule has 2 aromatic rings. The number of likely N-dealkylation sites (N-methyl/N-ethyl adjacent to an activating group) is 1. The SMILES string of the molecule is CN(C)CC1(COc2nc(N[C@@H]3CCN(C)C3=O)c3c4c(c(Br)c(F)c3n2)COC4)CC1. The summed E-state index contributed by atoms with van der Waals surface area (Å²) in [6.07, 6.45) is 2.82. The Morgan fingerprint density at radius 3 is 2.72 bits per heavy atom. The molecule has 1 saturated heterocycles. The molecule has 3 aliphatic rings. The summed E-state index contributed by atoms with van der Waals surface area (Å²) in [7, 11) is 5.86. The van der Waals surface area contributed by atoms with Crippen molar-refractivity contribution in [2.24, 2.45) is 5.41 Å². The first-order valence-electron chi connectivity index (χ1n) is 10.9. The second-order valence-corrected chi connectivity index (χ2v) is 10.2. The van der Waals surface area contributed by atoms with Gasteiger partial charge in [-0.2, -0.15) is 9.97 Å². The zero-order chi connectivity index (χ0) is 22.6. The van der Waals surface area contributed by atoms with Crippen molar-refractivity contribution >= 4 is 38.6 Å². The van der Waals surface area contributed by atoms with Gasteiger partial charge in [-0.1, -0.05) is 0 Å². The molecule has 1 atom stereocenters. The molecule has 172 valence electrons. The zero-order valence-electron chi connectivity index (χ0n) is 18.5. The zero-order valence-corrected chi connectivity index (χ0v) is 20.1. The summed E-state index contributed by atoms with van der Waals surface area (Å²) in [6.45, 7) is 2.71. The van der Waals surface area contributed by atoms with Crippen molar-refractivity contribution < 1.29 is 18.7 Å². The van der Waals surface area contributed by atoms with E-state index in [2.05, 4.69) is 36.1 Å². The summed E-state index contributed by atoms with van der Waals surface area (Å²) in [6, 6.07) is -0.298. The lowest BCUT2D eigenvalue weighted by Gasteiger charge is -2.21. The highest BCUT2D eigenvalue weighted by molar-refractivity contribution is 9.10. The molecule has 1 aromatic carbocycles. The molecule has 8 nitrogen and oxygen atoms in total. The number of fused-ring (bicyclic) bond motifs is 3. The number of ether oxygens (including phenoxy) is 2. The minimum absolute atomic E-state index is 0.00683. The highest BCUT2D eigenvalue weighted by Gasteiger charge is 2.44. The van der Waals surface area contributed by atoms with Crippen molar-refractivity contribution in [3.63, 3.8) is 0 Å². The predicted octanol–water partition coefficient (Wildman–Crippen LogP) is 2.92. The Balaban J connectivity index is 1.55. The maximum Gasteiger partial charge on any atom is 0.319 e. The predicted molar refractivity (Wildman–Crippen MR) is 121 cm³/mol. The average Bonchev–Trinajstić information content (AvgIpc) is 3.19. The molecule has 0 radical (unpaired) electrons. The van der Waals surface area contributed by atoms with Gasteiger partial charge in [0.15, 0.2) is 5.82 Å². The van der Waals surface area contributed by atoms with Crippen LogP contribution in [0.15, 0.2) is 4.47 Å². The molecule has 1 amide bonds. The fourth-order valence-electron chi connectivity index (χ4n) is 4.67. The number of carbonyl (C=O) groups is 1. The van der Waals surface area contributed by atoms with Gasteiger partial charge in [0.1, 0.15) is 17.4 Å². The van der Waals surface area contributed by atoms with Crippen molar-refractivity contribution in [1.82, 2.24) is 19.8 Å². The van der Waals surface area contributed by atoms with Crippen molar-refractivity contribution in [3.8, 4) is 6.01 Å². The number of nitrogens with one attached hydrogen (secondary N) is 1. The first kappa shape index (κ1) is 21.8. The van der Waals surface area contributed by atoms with Gasteiger partial charge < -0.3 is 24.6 Å². The van der Waals surface area contributed by atoms with E-state index < -0.39 is 11.9 Å². The summed E-state index contributed by atoms with van der Waals surface area (Å²) in [5.41, 5.74) is 1.86. The molecule has 1 aliphatic carbocycles. The van der Waals surface area contributed by atoms with E-state index in [1.807, 2.05) is 14.1 Å². The standard InChI is InChI=1S/C22H27BrFN5O3/c1-28(2)10-22(5-6-22)11-32-21-26-18-15(12-8-31-9-13(12)16(23)17(18)24)19(27-21)25-14-4-7-29(3)20(14)30/h14H,4-11H2,1-3H3,(H,25,26,27)/t14-/m1/s1. The van der Waals surface area contributed by atoms with Crippen LogP contribution in [0.1, 0.15) is 30.4 Å². The summed E-state index contributed by atoms with van der Waals surface area (Å²) < 4.78 is 27.3. The van der Waals surface area contributed by atoms with Gasteiger partial charge in [0.25, 0.3) is 0 Å². The van der Waals surface area contributed by atoms with E-state index >= 15 is 4.39 Å². The number of likely N-dealkylation sites (tertiary alicyclic amines) is 1. The molecule has 5 rings (SSSR count). The summed E-state index contributed by atoms with van der Waals surface area (Å²) >= 11 is 3.37. The molecular weight excluding hydrogens is 481 g/mol. The topological polar surface area (TPSA) is 79.8 Å². The van der Waals surface area contributed by atoms with E-state index in [0.717, 1.165) is 30.5 Å². The normalized spacial score (nSPS) is 21.5. The van der Waals surface area contributed by atoms with Crippen molar-refractivity contribution in [2.45, 2.75) is 38.5 Å². The Labute approximate surface area is 194 Å². The summed E-state index contributed by atoms with van der Waals surface area (Å²) in [5, 5.41) is 3.82. The number of amides is 1. The molecule has 0 unspecified atom stereocenters. The van der Waals surface area contributed by atoms with E-state index in [1.54, 1.807) is 11.9 Å². The number of rotatable bonds is 7. The van der Waals surface area contributed by atoms with Gasteiger partial charge in [-0.15, -0.1) is 0 Å². The van der Waals surface area contributed by atoms with E-state index in [0.29, 0.717) is 48.5 Å². The van der Waals surface area contributed by atoms with Crippen LogP contribution in [0.4, 0.5) is 10.2 Å². The van der Waals surface area contributed by atoms with E-state index in [1.165, 1.54) is 0 Å². The molecule has 1 aromatic heterocycles. The smallest absolute Gasteiger partial charge is 0.319 e. The fourth-order valence-corrected chi connectivity index (χ4v) is 5.21. The number of benzene rings is 1. The van der Waals surface area contributed by atoms with Crippen LogP contribution in [-0.2, 0) is 22.7 Å². The lowest BCUT2D eigenvalue weighted by molar-refractivity contribution is -0.127. The molecule has 0 spiro atoms. The molecular formula is C22H27BrFN5O3. The van der Waals surface area contributed by atoms with Gasteiger partial charge in [0.05, 0.1) is 29.7 Å². The van der Waals surface area contributed by atoms with Gasteiger partial charge in [-0.05, 0) is 54.9 Å². The number of hydrogen-bond acceptors (Lipinski definition) is 7. The third kappa shape index (κ3) is 3.82. The molecule has 0 bridgehead atoms. The molecule has 1 saturated carbocycles. The van der Waals surface area contributed by atoms with Crippen molar-refractivity contribution in [3.05, 3.63) is 21.4 Å². The van der Waals surface area contributed by atoms with Crippen molar-refractivity contribution in [1.29, 1.82) is 0 Å². The maximum absolute atomic E-state index is 15.4. The van der Waals surface area contributed by atoms with Crippen LogP contribution < -0.4 is 10.1 Å². The quantitative estimate of drug-likeness (QED) is 0.616. The second-order valence-electron chi connectivity index (χ2n) is 9.43. The second kappa shape index (κ2) is 8.07. The number of carbonyl (C=O) groups excluding carboxylic acids is 1.